The summed E-state index contributed by atoms with van der Waals surface area (Å²) in [6, 6.07) is 2.47. The number of anilines is 1. The molecule has 2 amide bonds. The van der Waals surface area contributed by atoms with Crippen molar-refractivity contribution in [3.05, 3.63) is 28.5 Å². The summed E-state index contributed by atoms with van der Waals surface area (Å²) in [4.78, 5) is 24.5. The lowest BCUT2D eigenvalue weighted by Crippen LogP contribution is -2.43. The van der Waals surface area contributed by atoms with Gasteiger partial charge in [0.2, 0.25) is 0 Å². The van der Waals surface area contributed by atoms with Crippen LogP contribution in [0.25, 0.3) is 0 Å². The van der Waals surface area contributed by atoms with E-state index in [0.717, 1.165) is 4.90 Å². The highest BCUT2D eigenvalue weighted by molar-refractivity contribution is 9.10. The second kappa shape index (κ2) is 6.40. The molecule has 0 bridgehead atoms. The van der Waals surface area contributed by atoms with Crippen LogP contribution in [0.4, 0.5) is 14.9 Å². The number of carbonyl (C=O) groups is 2. The fourth-order valence-corrected chi connectivity index (χ4v) is 2.57. The van der Waals surface area contributed by atoms with Crippen molar-refractivity contribution in [3.63, 3.8) is 0 Å². The quantitative estimate of drug-likeness (QED) is 0.866. The molecule has 0 spiro atoms. The molecule has 0 aliphatic carbocycles. The number of hydrogen-bond acceptors (Lipinski definition) is 3. The van der Waals surface area contributed by atoms with Gasteiger partial charge in [0.05, 0.1) is 11.8 Å². The van der Waals surface area contributed by atoms with E-state index in [1.54, 1.807) is 0 Å². The third kappa shape index (κ3) is 3.51. The van der Waals surface area contributed by atoms with Crippen LogP contribution in [0.1, 0.15) is 6.42 Å². The van der Waals surface area contributed by atoms with Crippen LogP contribution < -0.4 is 5.32 Å². The number of rotatable bonds is 3. The van der Waals surface area contributed by atoms with Crippen molar-refractivity contribution in [3.8, 4) is 0 Å². The Morgan fingerprint density at radius 2 is 2.24 bits per heavy atom. The first-order valence-corrected chi connectivity index (χ1v) is 7.00. The van der Waals surface area contributed by atoms with Gasteiger partial charge in [-0.15, -0.1) is 0 Å². The lowest BCUT2D eigenvalue weighted by Gasteiger charge is -2.21. The Bertz CT molecular complexity index is 569. The summed E-state index contributed by atoms with van der Waals surface area (Å²) in [7, 11) is 1.46. The first kappa shape index (κ1) is 15.7. The van der Waals surface area contributed by atoms with Crippen molar-refractivity contribution < 1.29 is 23.8 Å². The van der Waals surface area contributed by atoms with E-state index in [9.17, 15) is 14.0 Å². The Hall–Kier alpha value is -1.67. The molecule has 8 heteroatoms. The topological polar surface area (TPSA) is 78.9 Å². The fraction of sp³-hybridized carbons (Fsp3) is 0.385. The minimum Gasteiger partial charge on any atom is -0.480 e. The third-order valence-electron chi connectivity index (χ3n) is 3.31. The number of carboxylic acid groups (broad SMARTS) is 1. The van der Waals surface area contributed by atoms with Crippen LogP contribution in [0.3, 0.4) is 0 Å². The average molecular weight is 361 g/mol. The van der Waals surface area contributed by atoms with Gasteiger partial charge in [-0.2, -0.15) is 0 Å². The van der Waals surface area contributed by atoms with Crippen molar-refractivity contribution in [1.82, 2.24) is 4.90 Å². The zero-order chi connectivity index (χ0) is 15.6. The van der Waals surface area contributed by atoms with Crippen LogP contribution in [-0.2, 0) is 9.53 Å². The van der Waals surface area contributed by atoms with Gasteiger partial charge in [-0.25, -0.2) is 14.0 Å². The van der Waals surface area contributed by atoms with E-state index in [1.165, 1.54) is 25.3 Å². The summed E-state index contributed by atoms with van der Waals surface area (Å²) < 4.78 is 19.3. The van der Waals surface area contributed by atoms with Gasteiger partial charge in [0, 0.05) is 24.5 Å². The molecule has 1 heterocycles. The van der Waals surface area contributed by atoms with Gasteiger partial charge in [0.15, 0.2) is 0 Å². The van der Waals surface area contributed by atoms with E-state index in [1.807, 2.05) is 0 Å². The lowest BCUT2D eigenvalue weighted by atomic mass is 10.2. The van der Waals surface area contributed by atoms with Crippen LogP contribution in [0, 0.1) is 5.82 Å². The van der Waals surface area contributed by atoms with Crippen LogP contribution >= 0.6 is 15.9 Å². The van der Waals surface area contributed by atoms with Crippen molar-refractivity contribution in [2.75, 3.05) is 19.0 Å². The number of hydrogen-bond donors (Lipinski definition) is 2. The summed E-state index contributed by atoms with van der Waals surface area (Å²) in [5.41, 5.74) is -0.0145. The molecule has 2 atom stereocenters. The molecular weight excluding hydrogens is 347 g/mol. The highest BCUT2D eigenvalue weighted by Gasteiger charge is 2.40. The van der Waals surface area contributed by atoms with Gasteiger partial charge >= 0.3 is 12.0 Å². The Morgan fingerprint density at radius 1 is 1.52 bits per heavy atom. The first-order valence-electron chi connectivity index (χ1n) is 6.20. The number of likely N-dealkylation sites (tertiary alicyclic amines) is 1. The molecule has 0 saturated carbocycles. The minimum absolute atomic E-state index is 0.0145. The standard InChI is InChI=1S/C13H14BrFN2O4/c1-21-8-5-11(12(18)19)17(6-8)13(20)16-10-4-7(14)2-3-9(10)15/h2-4,8,11H,5-6H2,1H3,(H,16,20)(H,18,19). The monoisotopic (exact) mass is 360 g/mol. The maximum absolute atomic E-state index is 13.6. The molecule has 2 unspecified atom stereocenters. The molecule has 1 aliphatic heterocycles. The van der Waals surface area contributed by atoms with Crippen molar-refractivity contribution in [2.24, 2.45) is 0 Å². The van der Waals surface area contributed by atoms with Crippen molar-refractivity contribution in [1.29, 1.82) is 0 Å². The molecule has 1 aromatic rings. The number of nitrogens with one attached hydrogen (secondary N) is 1. The number of methoxy groups -OCH3 is 1. The SMILES string of the molecule is COC1CC(C(=O)O)N(C(=O)Nc2cc(Br)ccc2F)C1. The van der Waals surface area contributed by atoms with Gasteiger partial charge in [0.1, 0.15) is 11.9 Å². The maximum atomic E-state index is 13.6. The van der Waals surface area contributed by atoms with Gasteiger partial charge in [0.25, 0.3) is 0 Å². The van der Waals surface area contributed by atoms with E-state index < -0.39 is 23.9 Å². The molecule has 1 aromatic carbocycles. The highest BCUT2D eigenvalue weighted by Crippen LogP contribution is 2.24. The Morgan fingerprint density at radius 3 is 2.86 bits per heavy atom. The zero-order valence-corrected chi connectivity index (χ0v) is 12.8. The molecule has 0 aromatic heterocycles. The van der Waals surface area contributed by atoms with Gasteiger partial charge < -0.3 is 20.1 Å². The lowest BCUT2D eigenvalue weighted by molar-refractivity contribution is -0.141. The number of carbonyl (C=O) groups excluding carboxylic acids is 1. The Balaban J connectivity index is 2.15. The molecule has 1 saturated heterocycles. The van der Waals surface area contributed by atoms with E-state index >= 15 is 0 Å². The number of ether oxygens (including phenoxy) is 1. The number of urea groups is 1. The predicted octanol–water partition coefficient (Wildman–Crippen LogP) is 2.29. The molecule has 1 aliphatic rings. The minimum atomic E-state index is -1.11. The van der Waals surface area contributed by atoms with Crippen molar-refractivity contribution >= 4 is 33.6 Å². The summed E-state index contributed by atoms with van der Waals surface area (Å²) in [6.07, 6.45) is -0.135. The number of aliphatic carboxylic acids is 1. The summed E-state index contributed by atoms with van der Waals surface area (Å²) >= 11 is 3.18. The largest absolute Gasteiger partial charge is 0.480 e. The number of amides is 2. The van der Waals surface area contributed by atoms with Crippen LogP contribution in [-0.4, -0.2) is 47.8 Å². The average Bonchev–Trinajstić information content (AvgIpc) is 2.87. The molecule has 114 valence electrons. The number of benzene rings is 1. The zero-order valence-electron chi connectivity index (χ0n) is 11.2. The van der Waals surface area contributed by atoms with Crippen LogP contribution in [0.2, 0.25) is 0 Å². The molecule has 2 rings (SSSR count). The predicted molar refractivity (Wildman–Crippen MR) is 76.7 cm³/mol. The number of halogens is 2. The summed E-state index contributed by atoms with van der Waals surface area (Å²) in [6.45, 7) is 0.148. The number of nitrogens with zero attached hydrogens (tertiary/aromatic N) is 1. The number of carboxylic acids is 1. The van der Waals surface area contributed by atoms with Gasteiger partial charge in [-0.3, -0.25) is 0 Å². The van der Waals surface area contributed by atoms with E-state index in [0.29, 0.717) is 4.47 Å². The normalized spacial score (nSPS) is 21.4. The molecule has 1 fully saturated rings. The first-order chi connectivity index (χ1) is 9.92. The highest BCUT2D eigenvalue weighted by atomic mass is 79.9. The third-order valence-corrected chi connectivity index (χ3v) is 3.81. The Kier molecular flexibility index (Phi) is 4.79. The maximum Gasteiger partial charge on any atom is 0.326 e. The van der Waals surface area contributed by atoms with E-state index in [-0.39, 0.29) is 24.8 Å². The second-order valence-corrected chi connectivity index (χ2v) is 5.57. The van der Waals surface area contributed by atoms with E-state index in [4.69, 9.17) is 9.84 Å². The van der Waals surface area contributed by atoms with Crippen LogP contribution in [0.5, 0.6) is 0 Å². The Labute approximate surface area is 129 Å². The second-order valence-electron chi connectivity index (χ2n) is 4.65. The van der Waals surface area contributed by atoms with E-state index in [2.05, 4.69) is 21.2 Å². The summed E-state index contributed by atoms with van der Waals surface area (Å²) in [5, 5.41) is 11.5. The smallest absolute Gasteiger partial charge is 0.326 e. The molecule has 6 nitrogen and oxygen atoms in total. The summed E-state index contributed by atoms with van der Waals surface area (Å²) in [5.74, 6) is -1.71. The molecular formula is C13H14BrFN2O4. The van der Waals surface area contributed by atoms with Crippen LogP contribution in [0.15, 0.2) is 22.7 Å². The fourth-order valence-electron chi connectivity index (χ4n) is 2.21. The van der Waals surface area contributed by atoms with Crippen molar-refractivity contribution in [2.45, 2.75) is 18.6 Å². The van der Waals surface area contributed by atoms with Gasteiger partial charge in [-0.1, -0.05) is 15.9 Å². The molecule has 21 heavy (non-hydrogen) atoms. The van der Waals surface area contributed by atoms with Gasteiger partial charge in [-0.05, 0) is 18.2 Å². The molecule has 2 N–H and O–H groups in total. The molecule has 0 radical (unpaired) electrons.